The molecule has 166 valence electrons. The summed E-state index contributed by atoms with van der Waals surface area (Å²) < 4.78 is 26.0. The number of hydrogen-bond acceptors (Lipinski definition) is 5. The molecule has 32 heavy (non-hydrogen) atoms. The number of anilines is 1. The average Bonchev–Trinajstić information content (AvgIpc) is 2.78. The Kier molecular flexibility index (Phi) is 7.95. The summed E-state index contributed by atoms with van der Waals surface area (Å²) in [5, 5.41) is 4.47. The molecule has 1 N–H and O–H groups in total. The molecule has 0 saturated carbocycles. The maximum absolute atomic E-state index is 12.4. The molecule has 0 aliphatic carbocycles. The molecule has 0 atom stereocenters. The lowest BCUT2D eigenvalue weighted by Crippen LogP contribution is -2.29. The molecule has 3 aromatic carbocycles. The predicted molar refractivity (Wildman–Crippen MR) is 132 cm³/mol. The van der Waals surface area contributed by atoms with E-state index < -0.39 is 15.9 Å². The van der Waals surface area contributed by atoms with Gasteiger partial charge < -0.3 is 0 Å². The van der Waals surface area contributed by atoms with E-state index in [1.165, 1.54) is 4.31 Å². The molecule has 0 heterocycles. The minimum Gasteiger partial charge on any atom is -0.267 e. The van der Waals surface area contributed by atoms with Gasteiger partial charge in [-0.2, -0.15) is 5.10 Å². The number of rotatable bonds is 8. The molecule has 0 fully saturated rings. The number of hydrogen-bond donors (Lipinski definition) is 1. The van der Waals surface area contributed by atoms with Gasteiger partial charge in [0, 0.05) is 15.5 Å². The topological polar surface area (TPSA) is 78.8 Å². The summed E-state index contributed by atoms with van der Waals surface area (Å²) >= 11 is 7.84. The minimum atomic E-state index is -3.57. The summed E-state index contributed by atoms with van der Waals surface area (Å²) in [6.07, 6.45) is 4.69. The third-order valence-electron chi connectivity index (χ3n) is 4.59. The molecule has 0 saturated heterocycles. The van der Waals surface area contributed by atoms with Crippen molar-refractivity contribution in [2.45, 2.75) is 11.4 Å². The Bertz CT molecular complexity index is 1210. The Morgan fingerprint density at radius 2 is 1.72 bits per heavy atom. The molecule has 3 rings (SSSR count). The fraction of sp³-hybridized carbons (Fsp3) is 0.130. The quantitative estimate of drug-likeness (QED) is 0.281. The van der Waals surface area contributed by atoms with Gasteiger partial charge >= 0.3 is 0 Å². The Morgan fingerprint density at radius 1 is 1.06 bits per heavy atom. The van der Waals surface area contributed by atoms with Crippen LogP contribution >= 0.6 is 23.4 Å². The third kappa shape index (κ3) is 6.35. The van der Waals surface area contributed by atoms with Crippen LogP contribution in [0.15, 0.2) is 82.8 Å². The van der Waals surface area contributed by atoms with Crippen molar-refractivity contribution in [2.24, 2.45) is 5.10 Å². The van der Waals surface area contributed by atoms with E-state index in [0.29, 0.717) is 21.8 Å². The van der Waals surface area contributed by atoms with Gasteiger partial charge in [-0.1, -0.05) is 41.9 Å². The first-order valence-corrected chi connectivity index (χ1v) is 13.0. The van der Waals surface area contributed by atoms with Crippen molar-refractivity contribution in [2.75, 3.05) is 16.8 Å². The van der Waals surface area contributed by atoms with Crippen molar-refractivity contribution in [3.05, 3.63) is 94.5 Å². The van der Waals surface area contributed by atoms with Crippen molar-refractivity contribution >= 4 is 51.2 Å². The number of carbonyl (C=O) groups is 1. The standard InChI is InChI=1S/C23H22ClN3O3S2/c1-31-21-13-7-17(8-14-21)15-25-26-23(28)18-9-11-20(12-10-18)27(32(2,29)30)16-19-5-3-4-6-22(19)24/h3-15H,16H2,1-2H3,(H,26,28)/b25-15-. The molecule has 0 aromatic heterocycles. The van der Waals surface area contributed by atoms with E-state index in [1.807, 2.05) is 30.5 Å². The van der Waals surface area contributed by atoms with E-state index in [0.717, 1.165) is 16.7 Å². The third-order valence-corrected chi connectivity index (χ3v) is 6.84. The van der Waals surface area contributed by atoms with Crippen LogP contribution in [0.2, 0.25) is 5.02 Å². The predicted octanol–water partition coefficient (Wildman–Crippen LogP) is 4.79. The first-order valence-electron chi connectivity index (χ1n) is 9.56. The molecule has 0 aliphatic rings. The lowest BCUT2D eigenvalue weighted by molar-refractivity contribution is 0.0955. The van der Waals surface area contributed by atoms with Crippen LogP contribution in [0.5, 0.6) is 0 Å². The fourth-order valence-corrected chi connectivity index (χ4v) is 4.36. The number of carbonyl (C=O) groups excluding carboxylic acids is 1. The van der Waals surface area contributed by atoms with Gasteiger partial charge in [0.15, 0.2) is 0 Å². The van der Waals surface area contributed by atoms with Crippen molar-refractivity contribution < 1.29 is 13.2 Å². The van der Waals surface area contributed by atoms with E-state index in [4.69, 9.17) is 11.6 Å². The second kappa shape index (κ2) is 10.7. The molecule has 3 aromatic rings. The zero-order valence-electron chi connectivity index (χ0n) is 17.5. The average molecular weight is 488 g/mol. The van der Waals surface area contributed by atoms with Crippen LogP contribution in [0.3, 0.4) is 0 Å². The molecular weight excluding hydrogens is 466 g/mol. The second-order valence-corrected chi connectivity index (χ2v) is 10.1. The zero-order chi connectivity index (χ0) is 23.1. The molecule has 9 heteroatoms. The number of nitrogens with zero attached hydrogens (tertiary/aromatic N) is 2. The molecule has 0 bridgehead atoms. The van der Waals surface area contributed by atoms with E-state index >= 15 is 0 Å². The number of sulfonamides is 1. The highest BCUT2D eigenvalue weighted by molar-refractivity contribution is 7.98. The van der Waals surface area contributed by atoms with Crippen molar-refractivity contribution in [1.29, 1.82) is 0 Å². The first-order chi connectivity index (χ1) is 15.3. The van der Waals surface area contributed by atoms with E-state index in [9.17, 15) is 13.2 Å². The van der Waals surface area contributed by atoms with Gasteiger partial charge in [0.05, 0.1) is 24.7 Å². The SMILES string of the molecule is CSc1ccc(/C=N\NC(=O)c2ccc(N(Cc3ccccc3Cl)S(C)(=O)=O)cc2)cc1. The fourth-order valence-electron chi connectivity index (χ4n) is 2.88. The van der Waals surface area contributed by atoms with E-state index in [1.54, 1.807) is 66.5 Å². The van der Waals surface area contributed by atoms with Crippen LogP contribution in [-0.2, 0) is 16.6 Å². The van der Waals surface area contributed by atoms with Crippen molar-refractivity contribution in [1.82, 2.24) is 5.43 Å². The number of nitrogens with one attached hydrogen (secondary N) is 1. The number of thioether (sulfide) groups is 1. The lowest BCUT2D eigenvalue weighted by Gasteiger charge is -2.23. The molecular formula is C23H22ClN3O3S2. The molecule has 1 amide bonds. The van der Waals surface area contributed by atoms with Gasteiger partial charge in [0.25, 0.3) is 5.91 Å². The normalized spacial score (nSPS) is 11.5. The Morgan fingerprint density at radius 3 is 2.31 bits per heavy atom. The number of halogens is 1. The summed E-state index contributed by atoms with van der Waals surface area (Å²) in [4.78, 5) is 13.5. The van der Waals surface area contributed by atoms with Gasteiger partial charge in [-0.25, -0.2) is 13.8 Å². The molecule has 0 spiro atoms. The summed E-state index contributed by atoms with van der Waals surface area (Å²) in [5.41, 5.74) is 4.81. The van der Waals surface area contributed by atoms with Crippen LogP contribution in [0.4, 0.5) is 5.69 Å². The first kappa shape index (κ1) is 23.8. The minimum absolute atomic E-state index is 0.0870. The maximum atomic E-state index is 12.4. The Hall–Kier alpha value is -2.81. The Labute approximate surface area is 197 Å². The lowest BCUT2D eigenvalue weighted by atomic mass is 10.2. The molecule has 0 aliphatic heterocycles. The van der Waals surface area contributed by atoms with E-state index in [2.05, 4.69) is 10.5 Å². The van der Waals surface area contributed by atoms with Gasteiger partial charge in [0.1, 0.15) is 0 Å². The summed E-state index contributed by atoms with van der Waals surface area (Å²) in [7, 11) is -3.57. The van der Waals surface area contributed by atoms with Gasteiger partial charge in [0.2, 0.25) is 10.0 Å². The summed E-state index contributed by atoms with van der Waals surface area (Å²) in [6.45, 7) is 0.0870. The molecule has 0 radical (unpaired) electrons. The highest BCUT2D eigenvalue weighted by Crippen LogP contribution is 2.24. The van der Waals surface area contributed by atoms with E-state index in [-0.39, 0.29) is 6.54 Å². The number of hydrazone groups is 1. The van der Waals surface area contributed by atoms with Gasteiger partial charge in [-0.15, -0.1) is 11.8 Å². The highest BCUT2D eigenvalue weighted by atomic mass is 35.5. The summed E-state index contributed by atoms with van der Waals surface area (Å²) in [5.74, 6) is -0.398. The van der Waals surface area contributed by atoms with Crippen LogP contribution in [0.1, 0.15) is 21.5 Å². The van der Waals surface area contributed by atoms with Crippen LogP contribution in [0.25, 0.3) is 0 Å². The second-order valence-electron chi connectivity index (χ2n) is 6.88. The van der Waals surface area contributed by atoms with Crippen LogP contribution in [0, 0.1) is 0 Å². The Balaban J connectivity index is 1.70. The number of benzene rings is 3. The number of amides is 1. The van der Waals surface area contributed by atoms with Crippen LogP contribution in [-0.4, -0.2) is 33.1 Å². The maximum Gasteiger partial charge on any atom is 0.271 e. The largest absolute Gasteiger partial charge is 0.271 e. The van der Waals surface area contributed by atoms with Crippen molar-refractivity contribution in [3.63, 3.8) is 0 Å². The molecule has 0 unspecified atom stereocenters. The monoisotopic (exact) mass is 487 g/mol. The van der Waals surface area contributed by atoms with Gasteiger partial charge in [-0.05, 0) is 59.8 Å². The molecule has 6 nitrogen and oxygen atoms in total. The highest BCUT2D eigenvalue weighted by Gasteiger charge is 2.19. The zero-order valence-corrected chi connectivity index (χ0v) is 19.9. The van der Waals surface area contributed by atoms with Crippen LogP contribution < -0.4 is 9.73 Å². The van der Waals surface area contributed by atoms with Crippen molar-refractivity contribution in [3.8, 4) is 0 Å². The smallest absolute Gasteiger partial charge is 0.267 e. The van der Waals surface area contributed by atoms with Gasteiger partial charge in [-0.3, -0.25) is 9.10 Å². The summed E-state index contributed by atoms with van der Waals surface area (Å²) in [6, 6.07) is 21.1.